The fraction of sp³-hybridized carbons (Fsp3) is 0.154. The zero-order chi connectivity index (χ0) is 11.8. The summed E-state index contributed by atoms with van der Waals surface area (Å²) in [5.41, 5.74) is 1.41. The SMILES string of the molecule is CCc1ccc(-c2nc3ccc(F)cc3[nH]2)o1. The predicted molar refractivity (Wildman–Crippen MR) is 63.1 cm³/mol. The lowest BCUT2D eigenvalue weighted by atomic mass is 10.3. The van der Waals surface area contributed by atoms with Gasteiger partial charge in [0.05, 0.1) is 11.0 Å². The standard InChI is InChI=1S/C13H11FN2O/c1-2-9-4-6-12(17-9)13-15-10-5-3-8(14)7-11(10)16-13/h3-7H,2H2,1H3,(H,15,16). The minimum atomic E-state index is -0.276. The van der Waals surface area contributed by atoms with Crippen LogP contribution in [0.25, 0.3) is 22.6 Å². The van der Waals surface area contributed by atoms with Crippen molar-refractivity contribution in [1.82, 2.24) is 9.97 Å². The van der Waals surface area contributed by atoms with Gasteiger partial charge in [0.15, 0.2) is 11.6 Å². The Balaban J connectivity index is 2.11. The Kier molecular flexibility index (Phi) is 2.21. The van der Waals surface area contributed by atoms with Crippen molar-refractivity contribution in [3.8, 4) is 11.6 Å². The third kappa shape index (κ3) is 1.71. The number of aromatic nitrogens is 2. The molecule has 0 saturated heterocycles. The average Bonchev–Trinajstić information content (AvgIpc) is 2.93. The number of aryl methyl sites for hydroxylation is 1. The molecule has 0 bridgehead atoms. The zero-order valence-corrected chi connectivity index (χ0v) is 9.33. The Labute approximate surface area is 97.3 Å². The van der Waals surface area contributed by atoms with Crippen LogP contribution in [-0.4, -0.2) is 9.97 Å². The molecule has 0 saturated carbocycles. The van der Waals surface area contributed by atoms with Crippen molar-refractivity contribution >= 4 is 11.0 Å². The number of nitrogens with one attached hydrogen (secondary N) is 1. The Bertz CT molecular complexity index is 669. The van der Waals surface area contributed by atoms with Gasteiger partial charge in [-0.25, -0.2) is 9.37 Å². The van der Waals surface area contributed by atoms with Crippen LogP contribution in [0.2, 0.25) is 0 Å². The number of furan rings is 1. The van der Waals surface area contributed by atoms with Crippen molar-refractivity contribution in [3.05, 3.63) is 41.9 Å². The molecule has 0 amide bonds. The summed E-state index contributed by atoms with van der Waals surface area (Å²) in [5.74, 6) is 1.94. The van der Waals surface area contributed by atoms with Crippen LogP contribution in [0.1, 0.15) is 12.7 Å². The van der Waals surface area contributed by atoms with Crippen molar-refractivity contribution in [2.24, 2.45) is 0 Å². The highest BCUT2D eigenvalue weighted by Crippen LogP contribution is 2.23. The summed E-state index contributed by atoms with van der Waals surface area (Å²) in [5, 5.41) is 0. The van der Waals surface area contributed by atoms with Crippen molar-refractivity contribution in [1.29, 1.82) is 0 Å². The van der Waals surface area contributed by atoms with E-state index in [-0.39, 0.29) is 5.82 Å². The molecule has 86 valence electrons. The van der Waals surface area contributed by atoms with E-state index in [1.54, 1.807) is 6.07 Å². The number of hydrogen-bond donors (Lipinski definition) is 1. The summed E-state index contributed by atoms with van der Waals surface area (Å²) in [6.07, 6.45) is 0.842. The number of H-pyrrole nitrogens is 1. The molecule has 17 heavy (non-hydrogen) atoms. The maximum absolute atomic E-state index is 13.0. The number of imidazole rings is 1. The first-order chi connectivity index (χ1) is 8.26. The molecule has 4 heteroatoms. The van der Waals surface area contributed by atoms with Crippen molar-refractivity contribution in [2.45, 2.75) is 13.3 Å². The number of rotatable bonds is 2. The minimum absolute atomic E-state index is 0.276. The molecule has 1 aromatic carbocycles. The highest BCUT2D eigenvalue weighted by atomic mass is 19.1. The van der Waals surface area contributed by atoms with E-state index in [2.05, 4.69) is 9.97 Å². The smallest absolute Gasteiger partial charge is 0.174 e. The summed E-state index contributed by atoms with van der Waals surface area (Å²) in [7, 11) is 0. The number of halogens is 1. The Morgan fingerprint density at radius 3 is 2.94 bits per heavy atom. The molecule has 0 radical (unpaired) electrons. The lowest BCUT2D eigenvalue weighted by molar-refractivity contribution is 0.526. The number of benzene rings is 1. The highest BCUT2D eigenvalue weighted by Gasteiger charge is 2.09. The van der Waals surface area contributed by atoms with Gasteiger partial charge in [-0.3, -0.25) is 0 Å². The molecule has 3 nitrogen and oxygen atoms in total. The molecule has 0 aliphatic carbocycles. The summed E-state index contributed by atoms with van der Waals surface area (Å²) in [4.78, 5) is 7.40. The lowest BCUT2D eigenvalue weighted by Gasteiger charge is -1.89. The number of hydrogen-bond acceptors (Lipinski definition) is 2. The molecule has 2 aromatic heterocycles. The average molecular weight is 230 g/mol. The van der Waals surface area contributed by atoms with Gasteiger partial charge in [-0.05, 0) is 30.3 Å². The molecule has 1 N–H and O–H groups in total. The van der Waals surface area contributed by atoms with E-state index in [0.29, 0.717) is 17.1 Å². The molecule has 0 unspecified atom stereocenters. The van der Waals surface area contributed by atoms with Gasteiger partial charge in [0.25, 0.3) is 0 Å². The fourth-order valence-electron chi connectivity index (χ4n) is 1.79. The van der Waals surface area contributed by atoms with E-state index in [9.17, 15) is 4.39 Å². The first kappa shape index (κ1) is 10.1. The minimum Gasteiger partial charge on any atom is -0.458 e. The van der Waals surface area contributed by atoms with Crippen LogP contribution in [0.4, 0.5) is 4.39 Å². The quantitative estimate of drug-likeness (QED) is 0.731. The van der Waals surface area contributed by atoms with Crippen molar-refractivity contribution < 1.29 is 8.81 Å². The van der Waals surface area contributed by atoms with Gasteiger partial charge < -0.3 is 9.40 Å². The lowest BCUT2D eigenvalue weighted by Crippen LogP contribution is -1.75. The van der Waals surface area contributed by atoms with E-state index in [4.69, 9.17) is 4.42 Å². The van der Waals surface area contributed by atoms with E-state index < -0.39 is 0 Å². The fourth-order valence-corrected chi connectivity index (χ4v) is 1.79. The van der Waals surface area contributed by atoms with Crippen molar-refractivity contribution in [2.75, 3.05) is 0 Å². The first-order valence-corrected chi connectivity index (χ1v) is 5.50. The predicted octanol–water partition coefficient (Wildman–Crippen LogP) is 3.52. The summed E-state index contributed by atoms with van der Waals surface area (Å²) in [6.45, 7) is 2.02. The highest BCUT2D eigenvalue weighted by molar-refractivity contribution is 5.78. The van der Waals surface area contributed by atoms with Crippen LogP contribution < -0.4 is 0 Å². The molecule has 0 atom stereocenters. The Morgan fingerprint density at radius 1 is 1.29 bits per heavy atom. The number of aromatic amines is 1. The Hall–Kier alpha value is -2.10. The van der Waals surface area contributed by atoms with Gasteiger partial charge in [0, 0.05) is 6.42 Å². The monoisotopic (exact) mass is 230 g/mol. The van der Waals surface area contributed by atoms with Crippen LogP contribution >= 0.6 is 0 Å². The summed E-state index contributed by atoms with van der Waals surface area (Å²) in [6, 6.07) is 8.26. The molecule has 3 rings (SSSR count). The maximum atomic E-state index is 13.0. The van der Waals surface area contributed by atoms with Gasteiger partial charge in [0.1, 0.15) is 11.6 Å². The second-order valence-corrected chi connectivity index (χ2v) is 3.87. The largest absolute Gasteiger partial charge is 0.458 e. The van der Waals surface area contributed by atoms with Crippen LogP contribution in [-0.2, 0) is 6.42 Å². The number of fused-ring (bicyclic) bond motifs is 1. The van der Waals surface area contributed by atoms with Gasteiger partial charge >= 0.3 is 0 Å². The summed E-state index contributed by atoms with van der Waals surface area (Å²) < 4.78 is 18.6. The van der Waals surface area contributed by atoms with E-state index in [1.165, 1.54) is 12.1 Å². The second kappa shape index (κ2) is 3.73. The van der Waals surface area contributed by atoms with E-state index in [0.717, 1.165) is 17.7 Å². The van der Waals surface area contributed by atoms with E-state index >= 15 is 0 Å². The zero-order valence-electron chi connectivity index (χ0n) is 9.33. The topological polar surface area (TPSA) is 41.8 Å². The Morgan fingerprint density at radius 2 is 2.18 bits per heavy atom. The van der Waals surface area contributed by atoms with Gasteiger partial charge in [-0.15, -0.1) is 0 Å². The normalized spacial score (nSPS) is 11.2. The van der Waals surface area contributed by atoms with Crippen LogP contribution in [0.3, 0.4) is 0 Å². The second-order valence-electron chi connectivity index (χ2n) is 3.87. The molecule has 0 spiro atoms. The third-order valence-corrected chi connectivity index (χ3v) is 2.69. The first-order valence-electron chi connectivity index (χ1n) is 5.50. The molecule has 0 aliphatic rings. The molecule has 0 aliphatic heterocycles. The maximum Gasteiger partial charge on any atom is 0.174 e. The van der Waals surface area contributed by atoms with Gasteiger partial charge in [-0.2, -0.15) is 0 Å². The molecular formula is C13H11FN2O. The number of nitrogens with zero attached hydrogens (tertiary/aromatic N) is 1. The van der Waals surface area contributed by atoms with Crippen molar-refractivity contribution in [3.63, 3.8) is 0 Å². The molecule has 2 heterocycles. The van der Waals surface area contributed by atoms with Crippen LogP contribution in [0.5, 0.6) is 0 Å². The van der Waals surface area contributed by atoms with E-state index in [1.807, 2.05) is 19.1 Å². The van der Waals surface area contributed by atoms with Gasteiger partial charge in [0.2, 0.25) is 0 Å². The van der Waals surface area contributed by atoms with Crippen LogP contribution in [0.15, 0.2) is 34.7 Å². The third-order valence-electron chi connectivity index (χ3n) is 2.69. The van der Waals surface area contributed by atoms with Gasteiger partial charge in [-0.1, -0.05) is 6.92 Å². The molecular weight excluding hydrogens is 219 g/mol. The van der Waals surface area contributed by atoms with Crippen LogP contribution in [0, 0.1) is 5.82 Å². The summed E-state index contributed by atoms with van der Waals surface area (Å²) >= 11 is 0. The molecule has 0 fully saturated rings. The molecule has 3 aromatic rings.